The summed E-state index contributed by atoms with van der Waals surface area (Å²) >= 11 is 6.15. The Morgan fingerprint density at radius 1 is 1.29 bits per heavy atom. The van der Waals surface area contributed by atoms with Crippen LogP contribution in [-0.4, -0.2) is 32.5 Å². The lowest BCUT2D eigenvalue weighted by Crippen LogP contribution is -2.34. The van der Waals surface area contributed by atoms with E-state index < -0.39 is 17.3 Å². The second-order valence-corrected chi connectivity index (χ2v) is 8.00. The molecule has 176 valence electrons. The molecule has 1 atom stereocenters. The molecule has 3 aromatic heterocycles. The number of nitrogens with one attached hydrogen (secondary N) is 3. The number of hydrogen-bond acceptors (Lipinski definition) is 6. The molecule has 1 aromatic carbocycles. The van der Waals surface area contributed by atoms with Gasteiger partial charge in [-0.25, -0.2) is 14.4 Å². The molecule has 11 heteroatoms. The molecule has 3 heterocycles. The number of fused-ring (bicyclic) bond motifs is 1. The van der Waals surface area contributed by atoms with Crippen LogP contribution in [0.1, 0.15) is 24.1 Å². The van der Waals surface area contributed by atoms with Gasteiger partial charge < -0.3 is 20.4 Å². The van der Waals surface area contributed by atoms with Crippen LogP contribution in [0.3, 0.4) is 0 Å². The second-order valence-electron chi connectivity index (χ2n) is 7.62. The summed E-state index contributed by atoms with van der Waals surface area (Å²) in [6, 6.07) is 8.77. The van der Waals surface area contributed by atoms with Gasteiger partial charge in [0.25, 0.3) is 5.56 Å². The molecule has 4 rings (SSSR count). The standard InChI is InChI=1S/C23H22ClFN6O3/c1-13(15-4-3-5-16(7-15)34-2)30-22-23(33)31(19(24)11-29-22)12-20(32)26-8-14-6-17-18(25)10-28-21(17)27-9-14/h3-7,9-11,13H,8,12H2,1-2H3,(H,26,32)(H,27,28)(H,29,30)/t13-/m1/s1. The third-order valence-electron chi connectivity index (χ3n) is 5.28. The number of benzene rings is 1. The van der Waals surface area contributed by atoms with Gasteiger partial charge in [0.05, 0.1) is 24.7 Å². The number of nitrogens with zero attached hydrogens (tertiary/aromatic N) is 3. The Balaban J connectivity index is 1.44. The third-order valence-corrected chi connectivity index (χ3v) is 5.58. The summed E-state index contributed by atoms with van der Waals surface area (Å²) < 4.78 is 20.1. The van der Waals surface area contributed by atoms with Gasteiger partial charge in [-0.05, 0) is 36.2 Å². The molecule has 34 heavy (non-hydrogen) atoms. The number of carbonyl (C=O) groups is 1. The van der Waals surface area contributed by atoms with Gasteiger partial charge >= 0.3 is 0 Å². The first-order chi connectivity index (χ1) is 16.4. The molecule has 0 spiro atoms. The molecule has 0 saturated heterocycles. The van der Waals surface area contributed by atoms with Gasteiger partial charge in [-0.15, -0.1) is 0 Å². The maximum Gasteiger partial charge on any atom is 0.294 e. The molecule has 1 amide bonds. The zero-order valence-electron chi connectivity index (χ0n) is 18.4. The fraction of sp³-hybridized carbons (Fsp3) is 0.217. The van der Waals surface area contributed by atoms with Crippen LogP contribution in [0.25, 0.3) is 11.0 Å². The maximum atomic E-state index is 13.7. The molecular formula is C23H22ClFN6O3. The lowest BCUT2D eigenvalue weighted by Gasteiger charge is -2.17. The van der Waals surface area contributed by atoms with E-state index in [4.69, 9.17) is 16.3 Å². The van der Waals surface area contributed by atoms with Crippen molar-refractivity contribution in [1.82, 2.24) is 24.8 Å². The van der Waals surface area contributed by atoms with Crippen LogP contribution in [0.15, 0.2) is 53.7 Å². The van der Waals surface area contributed by atoms with E-state index in [1.165, 1.54) is 18.6 Å². The summed E-state index contributed by atoms with van der Waals surface area (Å²) in [4.78, 5) is 36.4. The zero-order chi connectivity index (χ0) is 24.2. The van der Waals surface area contributed by atoms with Gasteiger partial charge in [-0.2, -0.15) is 0 Å². The fourth-order valence-electron chi connectivity index (χ4n) is 3.42. The number of aromatic amines is 1. The van der Waals surface area contributed by atoms with Crippen LogP contribution in [0, 0.1) is 5.82 Å². The minimum atomic E-state index is -0.533. The summed E-state index contributed by atoms with van der Waals surface area (Å²) in [5.74, 6) is -0.117. The molecule has 0 aliphatic heterocycles. The molecule has 4 aromatic rings. The zero-order valence-corrected chi connectivity index (χ0v) is 19.2. The predicted molar refractivity (Wildman–Crippen MR) is 126 cm³/mol. The number of aromatic nitrogens is 4. The number of ether oxygens (including phenoxy) is 1. The highest BCUT2D eigenvalue weighted by Crippen LogP contribution is 2.21. The normalized spacial score (nSPS) is 11.9. The molecule has 0 unspecified atom stereocenters. The van der Waals surface area contributed by atoms with Gasteiger partial charge in [-0.1, -0.05) is 23.7 Å². The minimum absolute atomic E-state index is 0.0252. The number of H-pyrrole nitrogens is 1. The average Bonchev–Trinajstić information content (AvgIpc) is 3.22. The number of methoxy groups -OCH3 is 1. The van der Waals surface area contributed by atoms with Crippen molar-refractivity contribution in [3.05, 3.63) is 81.4 Å². The van der Waals surface area contributed by atoms with Crippen LogP contribution >= 0.6 is 11.6 Å². The van der Waals surface area contributed by atoms with Crippen LogP contribution in [0.2, 0.25) is 5.15 Å². The van der Waals surface area contributed by atoms with Gasteiger partial charge in [0.2, 0.25) is 5.91 Å². The highest BCUT2D eigenvalue weighted by atomic mass is 35.5. The lowest BCUT2D eigenvalue weighted by atomic mass is 10.1. The summed E-state index contributed by atoms with van der Waals surface area (Å²) in [5, 5.41) is 6.11. The molecule has 3 N–H and O–H groups in total. The van der Waals surface area contributed by atoms with E-state index in [9.17, 15) is 14.0 Å². The molecule has 0 saturated carbocycles. The SMILES string of the molecule is COc1cccc([C@@H](C)Nc2ncc(Cl)n(CC(=O)NCc3cnc4[nH]cc(F)c4c3)c2=O)c1. The first-order valence-corrected chi connectivity index (χ1v) is 10.8. The smallest absolute Gasteiger partial charge is 0.294 e. The fourth-order valence-corrected chi connectivity index (χ4v) is 3.61. The third kappa shape index (κ3) is 5.01. The Morgan fingerprint density at radius 2 is 2.12 bits per heavy atom. The van der Waals surface area contributed by atoms with E-state index in [0.29, 0.717) is 22.3 Å². The number of anilines is 1. The van der Waals surface area contributed by atoms with Crippen molar-refractivity contribution in [2.45, 2.75) is 26.1 Å². The molecule has 9 nitrogen and oxygen atoms in total. The molecule has 0 aliphatic rings. The van der Waals surface area contributed by atoms with Gasteiger partial charge in [-0.3, -0.25) is 14.2 Å². The highest BCUT2D eigenvalue weighted by Gasteiger charge is 2.15. The summed E-state index contributed by atoms with van der Waals surface area (Å²) in [7, 11) is 1.58. The van der Waals surface area contributed by atoms with Crippen molar-refractivity contribution in [2.75, 3.05) is 12.4 Å². The Labute approximate surface area is 199 Å². The van der Waals surface area contributed by atoms with E-state index in [1.54, 1.807) is 13.2 Å². The molecule has 0 bridgehead atoms. The topological polar surface area (TPSA) is 114 Å². The summed E-state index contributed by atoms with van der Waals surface area (Å²) in [6.07, 6.45) is 4.06. The van der Waals surface area contributed by atoms with E-state index >= 15 is 0 Å². The van der Waals surface area contributed by atoms with E-state index in [-0.39, 0.29) is 30.1 Å². The molecule has 0 fully saturated rings. The molecule has 0 aliphatic carbocycles. The number of pyridine rings is 1. The van der Waals surface area contributed by atoms with Crippen LogP contribution < -0.4 is 20.9 Å². The molecule has 0 radical (unpaired) electrons. The van der Waals surface area contributed by atoms with Crippen molar-refractivity contribution in [2.24, 2.45) is 0 Å². The van der Waals surface area contributed by atoms with Crippen LogP contribution in [-0.2, 0) is 17.9 Å². The second kappa shape index (κ2) is 9.92. The first-order valence-electron chi connectivity index (χ1n) is 10.4. The summed E-state index contributed by atoms with van der Waals surface area (Å²) in [6.45, 7) is 1.68. The number of halogens is 2. The maximum absolute atomic E-state index is 13.7. The van der Waals surface area contributed by atoms with Gasteiger partial charge in [0.15, 0.2) is 5.82 Å². The largest absolute Gasteiger partial charge is 0.497 e. The highest BCUT2D eigenvalue weighted by molar-refractivity contribution is 6.29. The van der Waals surface area contributed by atoms with Crippen molar-refractivity contribution in [1.29, 1.82) is 0 Å². The van der Waals surface area contributed by atoms with Gasteiger partial charge in [0, 0.05) is 18.9 Å². The Hall–Kier alpha value is -3.92. The Kier molecular flexibility index (Phi) is 6.78. The number of rotatable bonds is 8. The van der Waals surface area contributed by atoms with E-state index in [2.05, 4.69) is 25.6 Å². The average molecular weight is 485 g/mol. The van der Waals surface area contributed by atoms with Crippen molar-refractivity contribution >= 4 is 34.4 Å². The summed E-state index contributed by atoms with van der Waals surface area (Å²) in [5.41, 5.74) is 1.40. The van der Waals surface area contributed by atoms with Crippen LogP contribution in [0.4, 0.5) is 10.2 Å². The molecular weight excluding hydrogens is 463 g/mol. The van der Waals surface area contributed by atoms with Gasteiger partial charge in [0.1, 0.15) is 28.9 Å². The van der Waals surface area contributed by atoms with E-state index in [0.717, 1.165) is 10.1 Å². The van der Waals surface area contributed by atoms with Crippen molar-refractivity contribution < 1.29 is 13.9 Å². The number of carbonyl (C=O) groups excluding carboxylic acids is 1. The first kappa shape index (κ1) is 23.2. The number of hydrogen-bond donors (Lipinski definition) is 3. The van der Waals surface area contributed by atoms with Crippen LogP contribution in [0.5, 0.6) is 5.75 Å². The quantitative estimate of drug-likeness (QED) is 0.353. The van der Waals surface area contributed by atoms with Crippen molar-refractivity contribution in [3.8, 4) is 5.75 Å². The minimum Gasteiger partial charge on any atom is -0.497 e. The van der Waals surface area contributed by atoms with E-state index in [1.807, 2.05) is 31.2 Å². The Morgan fingerprint density at radius 3 is 2.91 bits per heavy atom. The van der Waals surface area contributed by atoms with Crippen molar-refractivity contribution in [3.63, 3.8) is 0 Å². The number of amides is 1. The monoisotopic (exact) mass is 484 g/mol. The Bertz CT molecular complexity index is 1400. The lowest BCUT2D eigenvalue weighted by molar-refractivity contribution is -0.121. The predicted octanol–water partition coefficient (Wildman–Crippen LogP) is 3.41.